The molecule has 0 fully saturated rings. The second-order valence-electron chi connectivity index (χ2n) is 4.99. The Morgan fingerprint density at radius 3 is 2.50 bits per heavy atom. The summed E-state index contributed by atoms with van der Waals surface area (Å²) in [5, 5.41) is 0. The number of benzene rings is 2. The molecule has 0 bridgehead atoms. The normalized spacial score (nSPS) is 10.5. The molecule has 2 aromatic carbocycles. The van der Waals surface area contributed by atoms with Crippen molar-refractivity contribution < 1.29 is 4.74 Å². The van der Waals surface area contributed by atoms with Crippen LogP contribution in [0.15, 0.2) is 48.5 Å². The maximum atomic E-state index is 5.86. The first kappa shape index (κ1) is 14.6. The van der Waals surface area contributed by atoms with Crippen LogP contribution in [0.4, 0.5) is 0 Å². The van der Waals surface area contributed by atoms with E-state index in [1.54, 1.807) is 0 Å². The molecular formula is C18H23NO. The average Bonchev–Trinajstić information content (AvgIpc) is 2.48. The predicted octanol–water partition coefficient (Wildman–Crippen LogP) is 3.57. The highest BCUT2D eigenvalue weighted by Crippen LogP contribution is 2.24. The minimum Gasteiger partial charge on any atom is -0.493 e. The van der Waals surface area contributed by atoms with Gasteiger partial charge in [0.1, 0.15) is 5.75 Å². The maximum absolute atomic E-state index is 5.86. The van der Waals surface area contributed by atoms with Crippen LogP contribution >= 0.6 is 0 Å². The van der Waals surface area contributed by atoms with E-state index < -0.39 is 0 Å². The van der Waals surface area contributed by atoms with Gasteiger partial charge in [0.15, 0.2) is 0 Å². The van der Waals surface area contributed by atoms with Gasteiger partial charge < -0.3 is 10.5 Å². The van der Waals surface area contributed by atoms with Crippen molar-refractivity contribution in [1.82, 2.24) is 0 Å². The van der Waals surface area contributed by atoms with Gasteiger partial charge in [-0.15, -0.1) is 0 Å². The van der Waals surface area contributed by atoms with E-state index in [1.165, 1.54) is 16.7 Å². The van der Waals surface area contributed by atoms with Crippen LogP contribution in [-0.2, 0) is 12.8 Å². The van der Waals surface area contributed by atoms with Gasteiger partial charge in [-0.2, -0.15) is 0 Å². The summed E-state index contributed by atoms with van der Waals surface area (Å²) < 4.78 is 5.86. The summed E-state index contributed by atoms with van der Waals surface area (Å²) in [6, 6.07) is 16.9. The molecule has 0 saturated heterocycles. The Hall–Kier alpha value is -1.80. The minimum atomic E-state index is 0.680. The summed E-state index contributed by atoms with van der Waals surface area (Å²) in [4.78, 5) is 0. The molecule has 0 aliphatic heterocycles. The molecule has 2 rings (SSSR count). The second kappa shape index (κ2) is 7.71. The van der Waals surface area contributed by atoms with E-state index in [9.17, 15) is 0 Å². The lowest BCUT2D eigenvalue weighted by Crippen LogP contribution is -2.05. The molecule has 106 valence electrons. The fourth-order valence-electron chi connectivity index (χ4n) is 2.26. The van der Waals surface area contributed by atoms with Crippen molar-refractivity contribution in [2.45, 2.75) is 26.2 Å². The van der Waals surface area contributed by atoms with Gasteiger partial charge in [-0.05, 0) is 42.1 Å². The van der Waals surface area contributed by atoms with E-state index in [1.807, 2.05) is 6.07 Å². The molecule has 0 atom stereocenters. The number of hydrogen-bond donors (Lipinski definition) is 1. The highest BCUT2D eigenvalue weighted by atomic mass is 16.5. The van der Waals surface area contributed by atoms with E-state index in [0.29, 0.717) is 6.54 Å². The number of ether oxygens (including phenoxy) is 1. The van der Waals surface area contributed by atoms with Crippen molar-refractivity contribution in [2.24, 2.45) is 5.73 Å². The Balaban J connectivity index is 2.23. The molecule has 0 unspecified atom stereocenters. The standard InChI is InChI=1S/C18H23NO/c1-2-12-20-18-9-8-16(10-11-19)14-17(18)13-15-6-4-3-5-7-15/h3-9,14H,2,10-13,19H2,1H3. The number of hydrogen-bond acceptors (Lipinski definition) is 2. The quantitative estimate of drug-likeness (QED) is 0.834. The molecule has 2 heteroatoms. The molecule has 0 heterocycles. The molecule has 0 aliphatic carbocycles. The molecule has 20 heavy (non-hydrogen) atoms. The van der Waals surface area contributed by atoms with Crippen LogP contribution < -0.4 is 10.5 Å². The lowest BCUT2D eigenvalue weighted by molar-refractivity contribution is 0.314. The summed E-state index contributed by atoms with van der Waals surface area (Å²) in [5.74, 6) is 0.997. The van der Waals surface area contributed by atoms with Gasteiger partial charge in [0.25, 0.3) is 0 Å². The largest absolute Gasteiger partial charge is 0.493 e. The molecule has 0 aliphatic rings. The molecule has 0 aromatic heterocycles. The van der Waals surface area contributed by atoms with Crippen molar-refractivity contribution in [1.29, 1.82) is 0 Å². The van der Waals surface area contributed by atoms with Gasteiger partial charge >= 0.3 is 0 Å². The minimum absolute atomic E-state index is 0.680. The zero-order valence-corrected chi connectivity index (χ0v) is 12.1. The van der Waals surface area contributed by atoms with Crippen molar-refractivity contribution in [3.05, 3.63) is 65.2 Å². The second-order valence-corrected chi connectivity index (χ2v) is 4.99. The zero-order chi connectivity index (χ0) is 14.2. The van der Waals surface area contributed by atoms with E-state index in [4.69, 9.17) is 10.5 Å². The van der Waals surface area contributed by atoms with E-state index >= 15 is 0 Å². The summed E-state index contributed by atoms with van der Waals surface area (Å²) in [5.41, 5.74) is 9.48. The summed E-state index contributed by atoms with van der Waals surface area (Å²) in [6.45, 7) is 3.57. The molecule has 0 saturated carbocycles. The van der Waals surface area contributed by atoms with Crippen LogP contribution in [0, 0.1) is 0 Å². The maximum Gasteiger partial charge on any atom is 0.122 e. The third-order valence-corrected chi connectivity index (χ3v) is 3.26. The highest BCUT2D eigenvalue weighted by molar-refractivity contribution is 5.40. The molecule has 2 N–H and O–H groups in total. The molecule has 2 aromatic rings. The summed E-state index contributed by atoms with van der Waals surface area (Å²) >= 11 is 0. The first-order valence-corrected chi connectivity index (χ1v) is 7.32. The Kier molecular flexibility index (Phi) is 5.63. The van der Waals surface area contributed by atoms with E-state index in [0.717, 1.165) is 31.6 Å². The van der Waals surface area contributed by atoms with Crippen molar-refractivity contribution in [2.75, 3.05) is 13.2 Å². The topological polar surface area (TPSA) is 35.2 Å². The van der Waals surface area contributed by atoms with Gasteiger partial charge in [0.2, 0.25) is 0 Å². The third-order valence-electron chi connectivity index (χ3n) is 3.26. The molecule has 0 radical (unpaired) electrons. The average molecular weight is 269 g/mol. The van der Waals surface area contributed by atoms with Crippen molar-refractivity contribution in [3.8, 4) is 5.75 Å². The van der Waals surface area contributed by atoms with E-state index in [2.05, 4.69) is 49.4 Å². The van der Waals surface area contributed by atoms with Gasteiger partial charge in [-0.3, -0.25) is 0 Å². The zero-order valence-electron chi connectivity index (χ0n) is 12.1. The first-order chi connectivity index (χ1) is 9.83. The number of rotatable bonds is 7. The van der Waals surface area contributed by atoms with E-state index in [-0.39, 0.29) is 0 Å². The SMILES string of the molecule is CCCOc1ccc(CCN)cc1Cc1ccccc1. The number of nitrogens with two attached hydrogens (primary N) is 1. The first-order valence-electron chi connectivity index (χ1n) is 7.32. The monoisotopic (exact) mass is 269 g/mol. The van der Waals surface area contributed by atoms with Gasteiger partial charge in [0, 0.05) is 6.42 Å². The summed E-state index contributed by atoms with van der Waals surface area (Å²) in [7, 11) is 0. The Morgan fingerprint density at radius 1 is 1.00 bits per heavy atom. The predicted molar refractivity (Wildman–Crippen MR) is 84.2 cm³/mol. The van der Waals surface area contributed by atoms with Gasteiger partial charge in [-0.1, -0.05) is 49.4 Å². The molecule has 0 amide bonds. The molecule has 0 spiro atoms. The highest BCUT2D eigenvalue weighted by Gasteiger charge is 2.06. The third kappa shape index (κ3) is 4.10. The van der Waals surface area contributed by atoms with Crippen LogP contribution in [0.25, 0.3) is 0 Å². The van der Waals surface area contributed by atoms with Crippen LogP contribution in [0.2, 0.25) is 0 Å². The molecular weight excluding hydrogens is 246 g/mol. The van der Waals surface area contributed by atoms with Crippen LogP contribution in [0.5, 0.6) is 5.75 Å². The van der Waals surface area contributed by atoms with Crippen LogP contribution in [-0.4, -0.2) is 13.2 Å². The Morgan fingerprint density at radius 2 is 1.80 bits per heavy atom. The summed E-state index contributed by atoms with van der Waals surface area (Å²) in [6.07, 6.45) is 2.84. The lowest BCUT2D eigenvalue weighted by atomic mass is 10.0. The fourth-order valence-corrected chi connectivity index (χ4v) is 2.26. The lowest BCUT2D eigenvalue weighted by Gasteiger charge is -2.13. The molecule has 2 nitrogen and oxygen atoms in total. The van der Waals surface area contributed by atoms with Crippen LogP contribution in [0.1, 0.15) is 30.0 Å². The van der Waals surface area contributed by atoms with Gasteiger partial charge in [-0.25, -0.2) is 0 Å². The Labute approximate surface area is 121 Å². The Bertz CT molecular complexity index is 522. The van der Waals surface area contributed by atoms with Crippen LogP contribution in [0.3, 0.4) is 0 Å². The van der Waals surface area contributed by atoms with Crippen molar-refractivity contribution >= 4 is 0 Å². The van der Waals surface area contributed by atoms with Gasteiger partial charge in [0.05, 0.1) is 6.61 Å². The van der Waals surface area contributed by atoms with Crippen molar-refractivity contribution in [3.63, 3.8) is 0 Å². The smallest absolute Gasteiger partial charge is 0.122 e. The fraction of sp³-hybridized carbons (Fsp3) is 0.333.